The zero-order chi connectivity index (χ0) is 27.9. The SMILES string of the molecule is COCCN(CCOC)C(=O)c1ccc(OC)c(N2CCN(c3ncnc4c3cnn4-c3ccccc3)CC2)c1. The lowest BCUT2D eigenvalue weighted by Crippen LogP contribution is -2.47. The molecule has 0 saturated carbocycles. The van der Waals surface area contributed by atoms with Crippen molar-refractivity contribution in [1.82, 2.24) is 24.6 Å². The van der Waals surface area contributed by atoms with Crippen molar-refractivity contribution in [3.63, 3.8) is 0 Å². The van der Waals surface area contributed by atoms with Crippen LogP contribution in [0.4, 0.5) is 11.5 Å². The van der Waals surface area contributed by atoms with Crippen LogP contribution < -0.4 is 14.5 Å². The lowest BCUT2D eigenvalue weighted by atomic mass is 10.1. The molecule has 0 N–H and O–H groups in total. The smallest absolute Gasteiger partial charge is 0.254 e. The van der Waals surface area contributed by atoms with Crippen LogP contribution in [0.25, 0.3) is 16.7 Å². The molecule has 4 aromatic rings. The molecule has 0 spiro atoms. The van der Waals surface area contributed by atoms with E-state index in [9.17, 15) is 4.79 Å². The summed E-state index contributed by atoms with van der Waals surface area (Å²) < 4.78 is 17.9. The molecule has 0 atom stereocenters. The molecule has 5 rings (SSSR count). The number of methoxy groups -OCH3 is 3. The molecule has 0 bridgehead atoms. The van der Waals surface area contributed by atoms with Gasteiger partial charge >= 0.3 is 0 Å². The maximum atomic E-state index is 13.4. The quantitative estimate of drug-likeness (QED) is 0.282. The van der Waals surface area contributed by atoms with Gasteiger partial charge in [-0.2, -0.15) is 5.10 Å². The highest BCUT2D eigenvalue weighted by Crippen LogP contribution is 2.32. The minimum Gasteiger partial charge on any atom is -0.495 e. The Morgan fingerprint density at radius 1 is 0.900 bits per heavy atom. The molecule has 0 unspecified atom stereocenters. The lowest BCUT2D eigenvalue weighted by Gasteiger charge is -2.37. The number of fused-ring (bicyclic) bond motifs is 1. The van der Waals surface area contributed by atoms with Crippen LogP contribution in [-0.4, -0.2) is 104 Å². The van der Waals surface area contributed by atoms with Crippen molar-refractivity contribution in [3.05, 3.63) is 66.6 Å². The second kappa shape index (κ2) is 12.8. The van der Waals surface area contributed by atoms with Crippen LogP contribution in [0.3, 0.4) is 0 Å². The van der Waals surface area contributed by atoms with E-state index in [0.717, 1.165) is 60.2 Å². The fourth-order valence-corrected chi connectivity index (χ4v) is 4.97. The Morgan fingerprint density at radius 3 is 2.27 bits per heavy atom. The first kappa shape index (κ1) is 27.4. The Bertz CT molecular complexity index is 1410. The van der Waals surface area contributed by atoms with E-state index >= 15 is 0 Å². The number of carbonyl (C=O) groups excluding carboxylic acids is 1. The van der Waals surface area contributed by atoms with Gasteiger partial charge in [-0.3, -0.25) is 4.79 Å². The Kier molecular flexibility index (Phi) is 8.72. The molecule has 11 heteroatoms. The number of rotatable bonds is 11. The molecule has 3 heterocycles. The number of benzene rings is 2. The van der Waals surface area contributed by atoms with Gasteiger partial charge in [-0.1, -0.05) is 18.2 Å². The summed E-state index contributed by atoms with van der Waals surface area (Å²) in [6.07, 6.45) is 3.43. The average Bonchev–Trinajstić information content (AvgIpc) is 3.45. The molecule has 1 aliphatic heterocycles. The number of piperazine rings is 1. The Morgan fingerprint density at radius 2 is 1.60 bits per heavy atom. The van der Waals surface area contributed by atoms with Gasteiger partial charge in [0, 0.05) is 59.1 Å². The maximum absolute atomic E-state index is 13.4. The van der Waals surface area contributed by atoms with Crippen molar-refractivity contribution < 1.29 is 19.0 Å². The van der Waals surface area contributed by atoms with Crippen LogP contribution in [0.15, 0.2) is 61.1 Å². The second-order valence-corrected chi connectivity index (χ2v) is 9.47. The van der Waals surface area contributed by atoms with E-state index in [1.54, 1.807) is 32.6 Å². The first-order valence-electron chi connectivity index (χ1n) is 13.3. The molecule has 1 amide bonds. The van der Waals surface area contributed by atoms with Crippen LogP contribution in [0, 0.1) is 0 Å². The molecular formula is C29H35N7O4. The third-order valence-electron chi connectivity index (χ3n) is 7.11. The molecule has 1 fully saturated rings. The first-order chi connectivity index (χ1) is 19.6. The molecule has 0 radical (unpaired) electrons. The van der Waals surface area contributed by atoms with E-state index in [1.165, 1.54) is 0 Å². The normalized spacial score (nSPS) is 13.6. The number of anilines is 2. The minimum atomic E-state index is -0.0598. The lowest BCUT2D eigenvalue weighted by molar-refractivity contribution is 0.0627. The minimum absolute atomic E-state index is 0.0598. The Hall–Kier alpha value is -4.22. The average molecular weight is 546 g/mol. The molecule has 1 saturated heterocycles. The van der Waals surface area contributed by atoms with Crippen LogP contribution in [0.1, 0.15) is 10.4 Å². The second-order valence-electron chi connectivity index (χ2n) is 9.47. The monoisotopic (exact) mass is 545 g/mol. The van der Waals surface area contributed by atoms with E-state index in [2.05, 4.69) is 24.9 Å². The highest BCUT2D eigenvalue weighted by atomic mass is 16.5. The van der Waals surface area contributed by atoms with Crippen LogP contribution in [-0.2, 0) is 9.47 Å². The van der Waals surface area contributed by atoms with Gasteiger partial charge in [0.1, 0.15) is 17.9 Å². The van der Waals surface area contributed by atoms with E-state index in [0.29, 0.717) is 31.9 Å². The summed E-state index contributed by atoms with van der Waals surface area (Å²) in [4.78, 5) is 28.8. The van der Waals surface area contributed by atoms with E-state index < -0.39 is 0 Å². The maximum Gasteiger partial charge on any atom is 0.254 e. The molecule has 2 aromatic heterocycles. The highest BCUT2D eigenvalue weighted by Gasteiger charge is 2.25. The zero-order valence-corrected chi connectivity index (χ0v) is 23.2. The number of carbonyl (C=O) groups is 1. The Balaban J connectivity index is 1.34. The number of aromatic nitrogens is 4. The van der Waals surface area contributed by atoms with Gasteiger partial charge in [0.2, 0.25) is 0 Å². The number of para-hydroxylation sites is 1. The highest BCUT2D eigenvalue weighted by molar-refractivity contribution is 5.96. The van der Waals surface area contributed by atoms with Gasteiger partial charge in [0.25, 0.3) is 5.91 Å². The van der Waals surface area contributed by atoms with Crippen LogP contribution >= 0.6 is 0 Å². The molecule has 210 valence electrons. The van der Waals surface area contributed by atoms with Crippen molar-refractivity contribution >= 4 is 28.4 Å². The number of ether oxygens (including phenoxy) is 3. The van der Waals surface area contributed by atoms with Crippen molar-refractivity contribution in [2.45, 2.75) is 0 Å². The standard InChI is InChI=1S/C29H35N7O4/c1-38-17-15-35(16-18-39-2)29(37)22-9-10-26(40-3)25(19-22)33-11-13-34(14-12-33)27-24-20-32-36(28(24)31-21-30-27)23-7-5-4-6-8-23/h4-10,19-21H,11-18H2,1-3H3. The van der Waals surface area contributed by atoms with Gasteiger partial charge in [0.05, 0.1) is 43.3 Å². The van der Waals surface area contributed by atoms with Crippen LogP contribution in [0.2, 0.25) is 0 Å². The van der Waals surface area contributed by atoms with E-state index in [-0.39, 0.29) is 5.91 Å². The molecule has 1 aliphatic rings. The number of hydrogen-bond acceptors (Lipinski definition) is 9. The summed E-state index contributed by atoms with van der Waals surface area (Å²) in [6, 6.07) is 15.6. The number of nitrogens with zero attached hydrogens (tertiary/aromatic N) is 7. The number of amides is 1. The third-order valence-corrected chi connectivity index (χ3v) is 7.11. The van der Waals surface area contributed by atoms with Crippen molar-refractivity contribution in [1.29, 1.82) is 0 Å². The third kappa shape index (κ3) is 5.70. The van der Waals surface area contributed by atoms with Gasteiger partial charge in [0.15, 0.2) is 5.65 Å². The van der Waals surface area contributed by atoms with E-state index in [4.69, 9.17) is 14.2 Å². The fourth-order valence-electron chi connectivity index (χ4n) is 4.97. The van der Waals surface area contributed by atoms with Crippen molar-refractivity contribution in [2.24, 2.45) is 0 Å². The summed E-state index contributed by atoms with van der Waals surface area (Å²) in [5.74, 6) is 1.55. The fraction of sp³-hybridized carbons (Fsp3) is 0.379. The van der Waals surface area contributed by atoms with Gasteiger partial charge in [-0.05, 0) is 30.3 Å². The number of hydrogen-bond donors (Lipinski definition) is 0. The van der Waals surface area contributed by atoms with Crippen LogP contribution in [0.5, 0.6) is 5.75 Å². The summed E-state index contributed by atoms with van der Waals surface area (Å²) in [6.45, 7) is 4.88. The predicted molar refractivity (Wildman–Crippen MR) is 154 cm³/mol. The largest absolute Gasteiger partial charge is 0.495 e. The summed E-state index contributed by atoms with van der Waals surface area (Å²) in [5.41, 5.74) is 3.24. The molecule has 0 aliphatic carbocycles. The van der Waals surface area contributed by atoms with E-state index in [1.807, 2.05) is 59.4 Å². The molecule has 11 nitrogen and oxygen atoms in total. The zero-order valence-electron chi connectivity index (χ0n) is 23.2. The van der Waals surface area contributed by atoms with Crippen molar-refractivity contribution in [2.75, 3.05) is 83.6 Å². The molecule has 2 aromatic carbocycles. The van der Waals surface area contributed by atoms with Crippen molar-refractivity contribution in [3.8, 4) is 11.4 Å². The molecular weight excluding hydrogens is 510 g/mol. The first-order valence-corrected chi connectivity index (χ1v) is 13.3. The van der Waals surface area contributed by atoms with Gasteiger partial charge in [-0.15, -0.1) is 0 Å². The summed E-state index contributed by atoms with van der Waals surface area (Å²) >= 11 is 0. The topological polar surface area (TPSA) is 98.1 Å². The molecule has 40 heavy (non-hydrogen) atoms. The summed E-state index contributed by atoms with van der Waals surface area (Å²) in [7, 11) is 4.92. The van der Waals surface area contributed by atoms with Gasteiger partial charge < -0.3 is 28.9 Å². The summed E-state index contributed by atoms with van der Waals surface area (Å²) in [5, 5.41) is 5.51. The predicted octanol–water partition coefficient (Wildman–Crippen LogP) is 2.89. The van der Waals surface area contributed by atoms with Gasteiger partial charge in [-0.25, -0.2) is 14.6 Å². The Labute approximate surface area is 233 Å².